The van der Waals surface area contributed by atoms with Crippen molar-refractivity contribution in [2.45, 2.75) is 38.4 Å². The molecule has 2 unspecified atom stereocenters. The topological polar surface area (TPSA) is 78.3 Å². The van der Waals surface area contributed by atoms with Crippen molar-refractivity contribution in [2.24, 2.45) is 11.5 Å². The van der Waals surface area contributed by atoms with E-state index in [-0.39, 0.29) is 36.8 Å². The van der Waals surface area contributed by atoms with Gasteiger partial charge in [0.2, 0.25) is 5.78 Å². The minimum Gasteiger partial charge on any atom is -1.00 e. The van der Waals surface area contributed by atoms with Crippen molar-refractivity contribution < 1.29 is 40.1 Å². The third-order valence-corrected chi connectivity index (χ3v) is 3.04. The van der Waals surface area contributed by atoms with Gasteiger partial charge < -0.3 is 7.16 Å². The summed E-state index contributed by atoms with van der Waals surface area (Å²) in [6.45, 7) is 2.99. The van der Waals surface area contributed by atoms with E-state index in [1.807, 2.05) is 6.92 Å². The van der Waals surface area contributed by atoms with Crippen molar-refractivity contribution in [1.82, 2.24) is 0 Å². The average Bonchev–Trinajstić information content (AvgIpc) is 2.12. The van der Waals surface area contributed by atoms with Gasteiger partial charge in [-0.1, -0.05) is 6.42 Å². The van der Waals surface area contributed by atoms with Crippen molar-refractivity contribution in [3.05, 3.63) is 0 Å². The SMILES string of the molecule is CCO[P+](=O)C(N)CCCCCN.[H-].[Na+]. The molecule has 14 heavy (non-hydrogen) atoms. The van der Waals surface area contributed by atoms with E-state index >= 15 is 0 Å². The summed E-state index contributed by atoms with van der Waals surface area (Å²) in [7, 11) is -1.67. The molecule has 0 fully saturated rings. The summed E-state index contributed by atoms with van der Waals surface area (Å²) in [5, 5.41) is 0. The van der Waals surface area contributed by atoms with Crippen molar-refractivity contribution in [2.75, 3.05) is 13.2 Å². The third kappa shape index (κ3) is 9.53. The van der Waals surface area contributed by atoms with Gasteiger partial charge in [-0.15, -0.1) is 4.52 Å². The molecule has 0 aliphatic rings. The minimum absolute atomic E-state index is 0. The molecule has 4 N–H and O–H groups in total. The van der Waals surface area contributed by atoms with Crippen LogP contribution in [0.5, 0.6) is 0 Å². The van der Waals surface area contributed by atoms with Crippen LogP contribution in [0, 0.1) is 0 Å². The molecule has 0 spiro atoms. The number of unbranched alkanes of at least 4 members (excludes halogenated alkanes) is 2. The molecule has 0 aromatic heterocycles. The molecule has 6 heteroatoms. The maximum absolute atomic E-state index is 11.2. The van der Waals surface area contributed by atoms with Gasteiger partial charge >= 0.3 is 37.6 Å². The van der Waals surface area contributed by atoms with Crippen LogP contribution in [-0.2, 0) is 9.09 Å². The molecule has 0 bridgehead atoms. The van der Waals surface area contributed by atoms with Crippen LogP contribution in [0.15, 0.2) is 0 Å². The summed E-state index contributed by atoms with van der Waals surface area (Å²) >= 11 is 0. The maximum Gasteiger partial charge on any atom is 1.00 e. The van der Waals surface area contributed by atoms with E-state index in [4.69, 9.17) is 16.0 Å². The Morgan fingerprint density at radius 1 is 1.43 bits per heavy atom. The van der Waals surface area contributed by atoms with Crippen molar-refractivity contribution in [1.29, 1.82) is 0 Å². The standard InChI is InChI=1S/C8H20N2O2P.Na.H/c1-2-12-13(11)8(10)6-4-3-5-7-9;;/h8H,2-7,9-10H2,1H3;;/q2*+1;-1. The molecule has 0 aromatic rings. The Bertz CT molecular complexity index is 155. The van der Waals surface area contributed by atoms with Crippen LogP contribution < -0.4 is 41.0 Å². The zero-order valence-electron chi connectivity index (χ0n) is 10.2. The zero-order chi connectivity index (χ0) is 10.1. The Labute approximate surface area is 111 Å². The summed E-state index contributed by atoms with van der Waals surface area (Å²) in [4.78, 5) is 0. The fraction of sp³-hybridized carbons (Fsp3) is 1.00. The molecule has 0 rings (SSSR count). The van der Waals surface area contributed by atoms with Gasteiger partial charge in [-0.2, -0.15) is 0 Å². The number of hydrogen-bond donors (Lipinski definition) is 2. The number of nitrogens with two attached hydrogens (primary N) is 2. The Hall–Kier alpha value is 0.980. The van der Waals surface area contributed by atoms with Gasteiger partial charge in [0.05, 0.1) is 6.61 Å². The van der Waals surface area contributed by atoms with Gasteiger partial charge in [0.15, 0.2) is 0 Å². The minimum atomic E-state index is -1.67. The molecular weight excluding hydrogens is 210 g/mol. The molecule has 0 aliphatic carbocycles. The van der Waals surface area contributed by atoms with E-state index in [0.717, 1.165) is 25.7 Å². The summed E-state index contributed by atoms with van der Waals surface area (Å²) in [5.74, 6) is -0.312. The normalized spacial score (nSPS) is 13.2. The predicted molar refractivity (Wildman–Crippen MR) is 55.8 cm³/mol. The largest absolute Gasteiger partial charge is 1.00 e. The van der Waals surface area contributed by atoms with E-state index in [1.54, 1.807) is 0 Å². The summed E-state index contributed by atoms with van der Waals surface area (Å²) in [6.07, 6.45) is 3.80. The Morgan fingerprint density at radius 2 is 2.07 bits per heavy atom. The molecular formula is C8H21N2NaO2P+. The van der Waals surface area contributed by atoms with Crippen LogP contribution in [0.4, 0.5) is 0 Å². The number of hydrogen-bond acceptors (Lipinski definition) is 4. The predicted octanol–water partition coefficient (Wildman–Crippen LogP) is -1.31. The third-order valence-electron chi connectivity index (χ3n) is 1.73. The number of rotatable bonds is 8. The van der Waals surface area contributed by atoms with Crippen molar-refractivity contribution in [3.63, 3.8) is 0 Å². The van der Waals surface area contributed by atoms with Crippen LogP contribution in [0.1, 0.15) is 34.0 Å². The first kappa shape index (κ1) is 17.4. The van der Waals surface area contributed by atoms with E-state index in [0.29, 0.717) is 13.2 Å². The van der Waals surface area contributed by atoms with Crippen LogP contribution in [0.25, 0.3) is 0 Å². The monoisotopic (exact) mass is 231 g/mol. The fourth-order valence-electron chi connectivity index (χ4n) is 1.00. The van der Waals surface area contributed by atoms with Crippen LogP contribution in [-0.4, -0.2) is 18.9 Å². The Morgan fingerprint density at radius 3 is 2.57 bits per heavy atom. The molecule has 0 amide bonds. The maximum atomic E-state index is 11.2. The summed E-state index contributed by atoms with van der Waals surface area (Å²) < 4.78 is 16.1. The second-order valence-corrected chi connectivity index (χ2v) is 4.40. The van der Waals surface area contributed by atoms with Crippen molar-refractivity contribution >= 4 is 8.03 Å². The average molecular weight is 231 g/mol. The second kappa shape index (κ2) is 12.1. The molecule has 0 saturated carbocycles. The zero-order valence-corrected chi connectivity index (χ0v) is 12.1. The quantitative estimate of drug-likeness (QED) is 0.309. The molecule has 2 atom stereocenters. The van der Waals surface area contributed by atoms with Gasteiger partial charge in [0, 0.05) is 6.42 Å². The van der Waals surface area contributed by atoms with E-state index in [2.05, 4.69) is 0 Å². The Balaban J connectivity index is -0.000000720. The van der Waals surface area contributed by atoms with E-state index < -0.39 is 8.03 Å². The summed E-state index contributed by atoms with van der Waals surface area (Å²) in [5.41, 5.74) is 11.0. The molecule has 80 valence electrons. The van der Waals surface area contributed by atoms with Gasteiger partial charge in [0.1, 0.15) is 0 Å². The molecule has 0 heterocycles. The molecule has 0 saturated heterocycles. The second-order valence-electron chi connectivity index (χ2n) is 2.91. The van der Waals surface area contributed by atoms with Gasteiger partial charge in [0.25, 0.3) is 0 Å². The van der Waals surface area contributed by atoms with Gasteiger partial charge in [-0.3, -0.25) is 5.73 Å². The first-order valence-corrected chi connectivity index (χ1v) is 6.02. The molecule has 4 nitrogen and oxygen atoms in total. The van der Waals surface area contributed by atoms with Crippen LogP contribution >= 0.6 is 8.03 Å². The fourth-order valence-corrected chi connectivity index (χ4v) is 1.84. The smallest absolute Gasteiger partial charge is 1.00 e. The van der Waals surface area contributed by atoms with Crippen molar-refractivity contribution in [3.8, 4) is 0 Å². The van der Waals surface area contributed by atoms with Crippen LogP contribution in [0.2, 0.25) is 0 Å². The van der Waals surface area contributed by atoms with E-state index in [9.17, 15) is 4.57 Å². The molecule has 0 aliphatic heterocycles. The Kier molecular flexibility index (Phi) is 15.0. The first-order chi connectivity index (χ1) is 6.22. The van der Waals surface area contributed by atoms with Gasteiger partial charge in [-0.25, -0.2) is 0 Å². The van der Waals surface area contributed by atoms with E-state index in [1.165, 1.54) is 0 Å². The van der Waals surface area contributed by atoms with Gasteiger partial charge in [-0.05, 0) is 30.9 Å². The molecule has 0 radical (unpaired) electrons. The first-order valence-electron chi connectivity index (χ1n) is 4.77. The molecule has 0 aromatic carbocycles. The van der Waals surface area contributed by atoms with Crippen LogP contribution in [0.3, 0.4) is 0 Å². The summed E-state index contributed by atoms with van der Waals surface area (Å²) in [6, 6.07) is 0.